The summed E-state index contributed by atoms with van der Waals surface area (Å²) in [6, 6.07) is 9.01. The van der Waals surface area contributed by atoms with E-state index in [1.165, 1.54) is 4.90 Å². The molecule has 19 heavy (non-hydrogen) atoms. The molecule has 1 aliphatic rings. The molecule has 3 rings (SSSR count). The quantitative estimate of drug-likeness (QED) is 0.777. The molecule has 2 heterocycles. The van der Waals surface area contributed by atoms with Crippen LogP contribution in [0, 0.1) is 0 Å². The Morgan fingerprint density at radius 3 is 2.68 bits per heavy atom. The second kappa shape index (κ2) is 4.60. The van der Waals surface area contributed by atoms with E-state index in [9.17, 15) is 15.0 Å². The molecule has 2 aromatic rings. The minimum absolute atomic E-state index is 0.172. The molecule has 5 nitrogen and oxygen atoms in total. The number of hydrogen-bond donors (Lipinski definition) is 2. The van der Waals surface area contributed by atoms with Gasteiger partial charge in [0, 0.05) is 30.2 Å². The smallest absolute Gasteiger partial charge is 0.254 e. The molecule has 1 amide bonds. The fourth-order valence-electron chi connectivity index (χ4n) is 2.33. The number of hydrogen-bond acceptors (Lipinski definition) is 4. The van der Waals surface area contributed by atoms with Crippen molar-refractivity contribution >= 4 is 16.8 Å². The van der Waals surface area contributed by atoms with Crippen molar-refractivity contribution in [3.8, 4) is 0 Å². The third-order valence-corrected chi connectivity index (χ3v) is 3.40. The summed E-state index contributed by atoms with van der Waals surface area (Å²) in [5.41, 5.74) is 1.38. The van der Waals surface area contributed by atoms with Gasteiger partial charge in [-0.3, -0.25) is 9.78 Å². The summed E-state index contributed by atoms with van der Waals surface area (Å²) < 4.78 is 0. The number of amides is 1. The molecule has 5 heteroatoms. The number of benzene rings is 1. The van der Waals surface area contributed by atoms with Crippen molar-refractivity contribution in [2.45, 2.75) is 12.2 Å². The summed E-state index contributed by atoms with van der Waals surface area (Å²) >= 11 is 0. The van der Waals surface area contributed by atoms with Crippen LogP contribution in [0.2, 0.25) is 0 Å². The molecule has 1 aromatic heterocycles. The summed E-state index contributed by atoms with van der Waals surface area (Å²) in [6.07, 6.45) is -0.00561. The predicted octanol–water partition coefficient (Wildman–Crippen LogP) is 0.412. The maximum Gasteiger partial charge on any atom is 0.254 e. The van der Waals surface area contributed by atoms with Crippen molar-refractivity contribution in [1.82, 2.24) is 9.88 Å². The van der Waals surface area contributed by atoms with E-state index in [1.807, 2.05) is 12.1 Å². The van der Waals surface area contributed by atoms with Crippen LogP contribution < -0.4 is 0 Å². The summed E-state index contributed by atoms with van der Waals surface area (Å²) in [4.78, 5) is 17.9. The molecule has 0 spiro atoms. The molecular formula is C14H14N2O3. The lowest BCUT2D eigenvalue weighted by molar-refractivity contribution is 0.0572. The van der Waals surface area contributed by atoms with Crippen molar-refractivity contribution in [3.05, 3.63) is 42.1 Å². The van der Waals surface area contributed by atoms with Crippen LogP contribution in [-0.2, 0) is 0 Å². The largest absolute Gasteiger partial charge is 0.388 e. The highest BCUT2D eigenvalue weighted by Gasteiger charge is 2.32. The number of pyridine rings is 1. The number of β-amino-alcohol motifs (C(OH)–C–C–N with tert-alkyl or cyclic N) is 2. The number of aliphatic hydroxyl groups excluding tert-OH is 2. The minimum atomic E-state index is -0.855. The monoisotopic (exact) mass is 258 g/mol. The fraction of sp³-hybridized carbons (Fsp3) is 0.286. The van der Waals surface area contributed by atoms with Gasteiger partial charge in [-0.05, 0) is 24.3 Å². The Bertz CT molecular complexity index is 619. The zero-order chi connectivity index (χ0) is 13.4. The van der Waals surface area contributed by atoms with Crippen molar-refractivity contribution in [3.63, 3.8) is 0 Å². The van der Waals surface area contributed by atoms with E-state index in [1.54, 1.807) is 24.4 Å². The van der Waals surface area contributed by atoms with Gasteiger partial charge in [-0.25, -0.2) is 0 Å². The molecule has 0 bridgehead atoms. The first kappa shape index (κ1) is 12.1. The molecule has 2 N–H and O–H groups in total. The van der Waals surface area contributed by atoms with Crippen LogP contribution in [0.15, 0.2) is 36.5 Å². The van der Waals surface area contributed by atoms with Gasteiger partial charge >= 0.3 is 0 Å². The second-order valence-corrected chi connectivity index (χ2v) is 4.76. The molecule has 1 fully saturated rings. The van der Waals surface area contributed by atoms with Gasteiger partial charge in [0.1, 0.15) is 0 Å². The molecule has 0 saturated carbocycles. The molecule has 0 unspecified atom stereocenters. The molecule has 0 aliphatic carbocycles. The van der Waals surface area contributed by atoms with E-state index in [4.69, 9.17) is 0 Å². The van der Waals surface area contributed by atoms with E-state index in [0.29, 0.717) is 5.56 Å². The third-order valence-electron chi connectivity index (χ3n) is 3.40. The Kier molecular flexibility index (Phi) is 2.93. The lowest BCUT2D eigenvalue weighted by atomic mass is 10.1. The van der Waals surface area contributed by atoms with Crippen LogP contribution in [0.25, 0.3) is 10.9 Å². The Balaban J connectivity index is 1.90. The first-order valence-electron chi connectivity index (χ1n) is 6.15. The van der Waals surface area contributed by atoms with Gasteiger partial charge in [0.2, 0.25) is 0 Å². The van der Waals surface area contributed by atoms with Crippen LogP contribution in [0.3, 0.4) is 0 Å². The van der Waals surface area contributed by atoms with Crippen LogP contribution in [0.4, 0.5) is 0 Å². The normalized spacial score (nSPS) is 22.9. The number of carbonyl (C=O) groups excluding carboxylic acids is 1. The van der Waals surface area contributed by atoms with Crippen molar-refractivity contribution < 1.29 is 15.0 Å². The molecular weight excluding hydrogens is 244 g/mol. The van der Waals surface area contributed by atoms with E-state index >= 15 is 0 Å². The maximum atomic E-state index is 12.3. The van der Waals surface area contributed by atoms with E-state index in [2.05, 4.69) is 4.98 Å². The maximum absolute atomic E-state index is 12.3. The number of likely N-dealkylation sites (tertiary alicyclic amines) is 1. The van der Waals surface area contributed by atoms with Crippen LogP contribution >= 0.6 is 0 Å². The Labute approximate surface area is 110 Å². The van der Waals surface area contributed by atoms with Gasteiger partial charge in [-0.15, -0.1) is 0 Å². The average Bonchev–Trinajstić information content (AvgIpc) is 2.77. The van der Waals surface area contributed by atoms with Gasteiger partial charge in [-0.1, -0.05) is 6.07 Å². The second-order valence-electron chi connectivity index (χ2n) is 4.76. The van der Waals surface area contributed by atoms with Crippen LogP contribution in [0.5, 0.6) is 0 Å². The molecule has 2 atom stereocenters. The van der Waals surface area contributed by atoms with Gasteiger partial charge in [0.05, 0.1) is 17.7 Å². The Morgan fingerprint density at radius 1 is 1.21 bits per heavy atom. The van der Waals surface area contributed by atoms with Crippen LogP contribution in [-0.4, -0.2) is 51.3 Å². The SMILES string of the molecule is O=C(c1ccc2ncccc2c1)N1C[C@@H](O)[C@@H](O)C1. The van der Waals surface area contributed by atoms with Gasteiger partial charge in [-0.2, -0.15) is 0 Å². The topological polar surface area (TPSA) is 73.7 Å². The summed E-state index contributed by atoms with van der Waals surface area (Å²) in [7, 11) is 0. The lowest BCUT2D eigenvalue weighted by Crippen LogP contribution is -2.29. The molecule has 98 valence electrons. The zero-order valence-electron chi connectivity index (χ0n) is 10.2. The predicted molar refractivity (Wildman–Crippen MR) is 69.7 cm³/mol. The number of carbonyl (C=O) groups is 1. The fourth-order valence-corrected chi connectivity index (χ4v) is 2.33. The van der Waals surface area contributed by atoms with E-state index in [0.717, 1.165) is 10.9 Å². The highest BCUT2D eigenvalue weighted by molar-refractivity contribution is 5.98. The highest BCUT2D eigenvalue weighted by Crippen LogP contribution is 2.18. The zero-order valence-corrected chi connectivity index (χ0v) is 10.2. The summed E-state index contributed by atoms with van der Waals surface area (Å²) in [5.74, 6) is -0.179. The minimum Gasteiger partial charge on any atom is -0.388 e. The highest BCUT2D eigenvalue weighted by atomic mass is 16.3. The van der Waals surface area contributed by atoms with Gasteiger partial charge in [0.25, 0.3) is 5.91 Å². The van der Waals surface area contributed by atoms with E-state index in [-0.39, 0.29) is 19.0 Å². The molecule has 1 aliphatic heterocycles. The molecule has 1 aromatic carbocycles. The first-order valence-corrected chi connectivity index (χ1v) is 6.15. The van der Waals surface area contributed by atoms with Gasteiger partial charge in [0.15, 0.2) is 0 Å². The number of aliphatic hydroxyl groups is 2. The number of nitrogens with zero attached hydrogens (tertiary/aromatic N) is 2. The Hall–Kier alpha value is -1.98. The number of aromatic nitrogens is 1. The van der Waals surface area contributed by atoms with Crippen molar-refractivity contribution in [2.75, 3.05) is 13.1 Å². The summed E-state index contributed by atoms with van der Waals surface area (Å²) in [6.45, 7) is 0.343. The standard InChI is InChI=1S/C14H14N2O3/c17-12-7-16(8-13(12)18)14(19)10-3-4-11-9(6-10)2-1-5-15-11/h1-6,12-13,17-18H,7-8H2/t12-,13+. The Morgan fingerprint density at radius 2 is 1.95 bits per heavy atom. The van der Waals surface area contributed by atoms with E-state index < -0.39 is 12.2 Å². The summed E-state index contributed by atoms with van der Waals surface area (Å²) in [5, 5.41) is 19.9. The first-order chi connectivity index (χ1) is 9.15. The van der Waals surface area contributed by atoms with Gasteiger partial charge < -0.3 is 15.1 Å². The molecule has 1 saturated heterocycles. The lowest BCUT2D eigenvalue weighted by Gasteiger charge is -2.15. The number of fused-ring (bicyclic) bond motifs is 1. The van der Waals surface area contributed by atoms with Crippen LogP contribution in [0.1, 0.15) is 10.4 Å². The van der Waals surface area contributed by atoms with Crippen molar-refractivity contribution in [1.29, 1.82) is 0 Å². The number of rotatable bonds is 1. The third kappa shape index (κ3) is 2.18. The average molecular weight is 258 g/mol. The molecule has 0 radical (unpaired) electrons. The van der Waals surface area contributed by atoms with Crippen molar-refractivity contribution in [2.24, 2.45) is 0 Å².